The van der Waals surface area contributed by atoms with Crippen LogP contribution in [-0.2, 0) is 4.79 Å². The third-order valence-electron chi connectivity index (χ3n) is 7.26. The largest absolute Gasteiger partial charge is 0.393 e. The third-order valence-corrected chi connectivity index (χ3v) is 7.26. The summed E-state index contributed by atoms with van der Waals surface area (Å²) in [5.41, 5.74) is 0. The number of ketones is 1. The molecule has 4 aliphatic carbocycles. The second-order valence-corrected chi connectivity index (χ2v) is 8.08. The molecule has 4 saturated carbocycles. The first-order valence-electron chi connectivity index (χ1n) is 8.92. The molecule has 4 rings (SSSR count). The van der Waals surface area contributed by atoms with Crippen LogP contribution in [0.4, 0.5) is 0 Å². The highest BCUT2D eigenvalue weighted by molar-refractivity contribution is 5.79. The Bertz CT molecular complexity index is 391. The van der Waals surface area contributed by atoms with Gasteiger partial charge in [0.25, 0.3) is 0 Å². The zero-order valence-corrected chi connectivity index (χ0v) is 12.5. The second-order valence-electron chi connectivity index (χ2n) is 8.08. The Kier molecular flexibility index (Phi) is 3.41. The molecular weight excluding hydrogens is 248 g/mol. The number of carbonyl (C=O) groups is 1. The van der Waals surface area contributed by atoms with Crippen LogP contribution in [-0.4, -0.2) is 17.0 Å². The van der Waals surface area contributed by atoms with E-state index in [0.29, 0.717) is 5.78 Å². The first-order chi connectivity index (χ1) is 9.72. The lowest BCUT2D eigenvalue weighted by molar-refractivity contribution is -0.127. The van der Waals surface area contributed by atoms with Gasteiger partial charge in [-0.2, -0.15) is 0 Å². The van der Waals surface area contributed by atoms with Crippen molar-refractivity contribution in [1.29, 1.82) is 0 Å². The molecule has 2 heteroatoms. The van der Waals surface area contributed by atoms with Crippen molar-refractivity contribution in [3.8, 4) is 0 Å². The molecule has 20 heavy (non-hydrogen) atoms. The zero-order valence-electron chi connectivity index (χ0n) is 12.5. The van der Waals surface area contributed by atoms with E-state index in [0.717, 1.165) is 61.2 Å². The average molecular weight is 276 g/mol. The quantitative estimate of drug-likeness (QED) is 0.734. The monoisotopic (exact) mass is 276 g/mol. The third kappa shape index (κ3) is 2.15. The minimum Gasteiger partial charge on any atom is -0.393 e. The van der Waals surface area contributed by atoms with E-state index in [9.17, 15) is 9.90 Å². The van der Waals surface area contributed by atoms with E-state index in [1.807, 2.05) is 0 Å². The van der Waals surface area contributed by atoms with Gasteiger partial charge in [-0.05, 0) is 86.9 Å². The van der Waals surface area contributed by atoms with Gasteiger partial charge in [-0.3, -0.25) is 4.79 Å². The molecule has 0 amide bonds. The second kappa shape index (κ2) is 5.12. The summed E-state index contributed by atoms with van der Waals surface area (Å²) < 4.78 is 0. The van der Waals surface area contributed by atoms with Gasteiger partial charge in [0.1, 0.15) is 5.78 Å². The fraction of sp³-hybridized carbons (Fsp3) is 0.944. The van der Waals surface area contributed by atoms with E-state index in [2.05, 4.69) is 0 Å². The first-order valence-corrected chi connectivity index (χ1v) is 8.92. The first kappa shape index (κ1) is 13.3. The number of Topliss-reactive ketones (excluding diaryl/α,β-unsaturated/α-hetero) is 1. The predicted octanol–water partition coefficient (Wildman–Crippen LogP) is 3.57. The van der Waals surface area contributed by atoms with E-state index in [1.165, 1.54) is 38.5 Å². The molecule has 0 aliphatic heterocycles. The minimum absolute atomic E-state index is 0.0172. The smallest absolute Gasteiger partial charge is 0.133 e. The van der Waals surface area contributed by atoms with Crippen molar-refractivity contribution in [3.63, 3.8) is 0 Å². The lowest BCUT2D eigenvalue weighted by atomic mass is 9.51. The van der Waals surface area contributed by atoms with Gasteiger partial charge in [-0.1, -0.05) is 0 Å². The summed E-state index contributed by atoms with van der Waals surface area (Å²) in [6.07, 6.45) is 11.7. The Morgan fingerprint density at radius 3 is 2.20 bits per heavy atom. The lowest BCUT2D eigenvalue weighted by Crippen LogP contribution is -2.47. The maximum atomic E-state index is 11.7. The highest BCUT2D eigenvalue weighted by Gasteiger charge is 2.49. The molecule has 1 N–H and O–H groups in total. The normalized spacial score (nSPS) is 51.9. The van der Waals surface area contributed by atoms with E-state index >= 15 is 0 Å². The fourth-order valence-corrected chi connectivity index (χ4v) is 6.45. The molecule has 0 spiro atoms. The molecule has 2 nitrogen and oxygen atoms in total. The number of fused-ring (bicyclic) bond motifs is 5. The van der Waals surface area contributed by atoms with Gasteiger partial charge >= 0.3 is 0 Å². The summed E-state index contributed by atoms with van der Waals surface area (Å²) in [5.74, 6) is 5.66. The van der Waals surface area contributed by atoms with Gasteiger partial charge in [-0.15, -0.1) is 0 Å². The van der Waals surface area contributed by atoms with Crippen LogP contribution in [0.25, 0.3) is 0 Å². The maximum absolute atomic E-state index is 11.7. The van der Waals surface area contributed by atoms with Crippen molar-refractivity contribution in [3.05, 3.63) is 0 Å². The van der Waals surface area contributed by atoms with Gasteiger partial charge in [-0.25, -0.2) is 0 Å². The van der Waals surface area contributed by atoms with Crippen LogP contribution < -0.4 is 0 Å². The van der Waals surface area contributed by atoms with Gasteiger partial charge in [0.2, 0.25) is 0 Å². The molecule has 4 fully saturated rings. The van der Waals surface area contributed by atoms with Crippen LogP contribution in [0.5, 0.6) is 0 Å². The van der Waals surface area contributed by atoms with Gasteiger partial charge in [0.05, 0.1) is 6.10 Å². The van der Waals surface area contributed by atoms with Gasteiger partial charge in [0, 0.05) is 12.8 Å². The summed E-state index contributed by atoms with van der Waals surface area (Å²) in [5, 5.41) is 9.92. The summed E-state index contributed by atoms with van der Waals surface area (Å²) in [6, 6.07) is 0. The van der Waals surface area contributed by atoms with Crippen LogP contribution in [0.15, 0.2) is 0 Å². The standard InChI is InChI=1S/C18H28O2/c19-13-3-7-15-11(9-13)1-5-17-16-8-4-14(20)10-12(16)2-6-18(15)17/h11-13,15-19H,1-10H2/t11-,12+,13+,15-,16+,17-,18+/m0/s1. The average Bonchev–Trinajstić information content (AvgIpc) is 2.45. The molecule has 0 aromatic rings. The topological polar surface area (TPSA) is 37.3 Å². The molecule has 0 radical (unpaired) electrons. The van der Waals surface area contributed by atoms with Crippen LogP contribution in [0.2, 0.25) is 0 Å². The van der Waals surface area contributed by atoms with E-state index < -0.39 is 0 Å². The minimum atomic E-state index is -0.0172. The molecule has 0 saturated heterocycles. The molecule has 0 aromatic carbocycles. The molecule has 4 aliphatic rings. The molecule has 7 atom stereocenters. The van der Waals surface area contributed by atoms with Gasteiger partial charge < -0.3 is 5.11 Å². The fourth-order valence-electron chi connectivity index (χ4n) is 6.45. The summed E-state index contributed by atoms with van der Waals surface area (Å²) in [4.78, 5) is 11.7. The Labute approximate surface area is 122 Å². The van der Waals surface area contributed by atoms with Crippen molar-refractivity contribution in [2.24, 2.45) is 35.5 Å². The Morgan fingerprint density at radius 2 is 1.40 bits per heavy atom. The Balaban J connectivity index is 1.51. The highest BCUT2D eigenvalue weighted by Crippen LogP contribution is 2.56. The molecule has 112 valence electrons. The van der Waals surface area contributed by atoms with Crippen molar-refractivity contribution in [2.45, 2.75) is 70.3 Å². The van der Waals surface area contributed by atoms with Crippen molar-refractivity contribution < 1.29 is 9.90 Å². The van der Waals surface area contributed by atoms with Crippen LogP contribution >= 0.6 is 0 Å². The highest BCUT2D eigenvalue weighted by atomic mass is 16.3. The van der Waals surface area contributed by atoms with Crippen molar-refractivity contribution in [1.82, 2.24) is 0 Å². The molecule has 0 bridgehead atoms. The maximum Gasteiger partial charge on any atom is 0.133 e. The van der Waals surface area contributed by atoms with E-state index in [4.69, 9.17) is 0 Å². The number of aliphatic hydroxyl groups is 1. The van der Waals surface area contributed by atoms with E-state index in [-0.39, 0.29) is 6.10 Å². The van der Waals surface area contributed by atoms with Crippen LogP contribution in [0.3, 0.4) is 0 Å². The molecular formula is C18H28O2. The van der Waals surface area contributed by atoms with Crippen molar-refractivity contribution >= 4 is 5.78 Å². The number of aliphatic hydroxyl groups excluding tert-OH is 1. The number of rotatable bonds is 0. The Morgan fingerprint density at radius 1 is 0.750 bits per heavy atom. The summed E-state index contributed by atoms with van der Waals surface area (Å²) in [6.45, 7) is 0. The number of hydrogen-bond donors (Lipinski definition) is 1. The zero-order chi connectivity index (χ0) is 13.7. The molecule has 0 aromatic heterocycles. The summed E-state index contributed by atoms with van der Waals surface area (Å²) in [7, 11) is 0. The van der Waals surface area contributed by atoms with E-state index in [1.54, 1.807) is 0 Å². The number of carbonyl (C=O) groups excluding carboxylic acids is 1. The Hall–Kier alpha value is -0.370. The number of hydrogen-bond acceptors (Lipinski definition) is 2. The molecule has 0 unspecified atom stereocenters. The predicted molar refractivity (Wildman–Crippen MR) is 78.1 cm³/mol. The lowest BCUT2D eigenvalue weighted by Gasteiger charge is -2.54. The molecule has 0 heterocycles. The van der Waals surface area contributed by atoms with Crippen LogP contribution in [0, 0.1) is 35.5 Å². The van der Waals surface area contributed by atoms with Gasteiger partial charge in [0.15, 0.2) is 0 Å². The SMILES string of the molecule is O=C1CC[C@@H]2[C@H](CC[C@H]3[C@H]2CC[C@H]2C[C@H](O)CC[C@@H]23)C1. The van der Waals surface area contributed by atoms with Crippen LogP contribution in [0.1, 0.15) is 64.2 Å². The van der Waals surface area contributed by atoms with Crippen molar-refractivity contribution in [2.75, 3.05) is 0 Å². The summed E-state index contributed by atoms with van der Waals surface area (Å²) >= 11 is 0.